The van der Waals surface area contributed by atoms with E-state index in [-0.39, 0.29) is 0 Å². The summed E-state index contributed by atoms with van der Waals surface area (Å²) in [5.41, 5.74) is 2.50. The number of nitrogens with one attached hydrogen (secondary N) is 1. The highest BCUT2D eigenvalue weighted by Crippen LogP contribution is 2.12. The fourth-order valence-electron chi connectivity index (χ4n) is 2.30. The molecular weight excluding hydrogens is 302 g/mol. The molecule has 0 fully saturated rings. The number of aliphatic hydroxyl groups is 1. The summed E-state index contributed by atoms with van der Waals surface area (Å²) in [5.74, 6) is 0.848. The summed E-state index contributed by atoms with van der Waals surface area (Å²) in [7, 11) is 0. The Labute approximate surface area is 144 Å². The fourth-order valence-corrected chi connectivity index (χ4v) is 2.30. The second-order valence-corrected chi connectivity index (χ2v) is 5.69. The summed E-state index contributed by atoms with van der Waals surface area (Å²) < 4.78 is 11.1. The summed E-state index contributed by atoms with van der Waals surface area (Å²) >= 11 is 0. The minimum absolute atomic E-state index is 0.305. The molecule has 0 aliphatic rings. The van der Waals surface area contributed by atoms with E-state index in [9.17, 15) is 5.11 Å². The minimum Gasteiger partial charge on any atom is -0.491 e. The lowest BCUT2D eigenvalue weighted by Gasteiger charge is -2.13. The average molecular weight is 329 g/mol. The Hall–Kier alpha value is -1.88. The molecule has 2 N–H and O–H groups in total. The first-order chi connectivity index (χ1) is 11.8. The molecule has 2 aromatic rings. The van der Waals surface area contributed by atoms with Gasteiger partial charge in [-0.1, -0.05) is 49.4 Å². The molecule has 0 aliphatic heterocycles. The Morgan fingerprint density at radius 1 is 0.958 bits per heavy atom. The number of aliphatic hydroxyl groups excluding tert-OH is 1. The van der Waals surface area contributed by atoms with Crippen molar-refractivity contribution in [3.8, 4) is 5.75 Å². The molecule has 0 aliphatic carbocycles. The van der Waals surface area contributed by atoms with Gasteiger partial charge in [0, 0.05) is 13.1 Å². The third-order valence-electron chi connectivity index (χ3n) is 3.69. The third kappa shape index (κ3) is 7.13. The van der Waals surface area contributed by atoms with E-state index in [0.717, 1.165) is 18.7 Å². The van der Waals surface area contributed by atoms with Crippen LogP contribution in [-0.2, 0) is 17.7 Å². The van der Waals surface area contributed by atoms with Gasteiger partial charge in [-0.2, -0.15) is 0 Å². The number of hydrogen-bond acceptors (Lipinski definition) is 4. The highest BCUT2D eigenvalue weighted by atomic mass is 16.5. The van der Waals surface area contributed by atoms with Crippen molar-refractivity contribution in [3.63, 3.8) is 0 Å². The van der Waals surface area contributed by atoms with Crippen molar-refractivity contribution >= 4 is 0 Å². The molecule has 130 valence electrons. The normalized spacial score (nSPS) is 12.1. The summed E-state index contributed by atoms with van der Waals surface area (Å²) in [6, 6.07) is 18.2. The van der Waals surface area contributed by atoms with E-state index in [0.29, 0.717) is 26.4 Å². The molecule has 0 aromatic heterocycles. The van der Waals surface area contributed by atoms with Gasteiger partial charge in [-0.3, -0.25) is 0 Å². The van der Waals surface area contributed by atoms with Crippen LogP contribution in [0.4, 0.5) is 0 Å². The summed E-state index contributed by atoms with van der Waals surface area (Å²) in [4.78, 5) is 0. The lowest BCUT2D eigenvalue weighted by atomic mass is 10.2. The van der Waals surface area contributed by atoms with Crippen LogP contribution in [-0.4, -0.2) is 37.6 Å². The molecule has 2 aromatic carbocycles. The number of benzene rings is 2. The highest BCUT2D eigenvalue weighted by molar-refractivity contribution is 5.27. The Kier molecular flexibility index (Phi) is 8.32. The van der Waals surface area contributed by atoms with Crippen LogP contribution in [0.15, 0.2) is 54.6 Å². The lowest BCUT2D eigenvalue weighted by Crippen LogP contribution is -2.30. The van der Waals surface area contributed by atoms with E-state index in [1.165, 1.54) is 11.1 Å². The molecule has 0 amide bonds. The lowest BCUT2D eigenvalue weighted by molar-refractivity contribution is 0.0250. The molecule has 1 unspecified atom stereocenters. The van der Waals surface area contributed by atoms with Crippen molar-refractivity contribution in [2.75, 3.05) is 26.4 Å². The monoisotopic (exact) mass is 329 g/mol. The van der Waals surface area contributed by atoms with Crippen LogP contribution in [0, 0.1) is 0 Å². The molecule has 0 spiro atoms. The van der Waals surface area contributed by atoms with Crippen molar-refractivity contribution < 1.29 is 14.6 Å². The van der Waals surface area contributed by atoms with Crippen LogP contribution in [0.2, 0.25) is 0 Å². The SMILES string of the molecule is CCc1ccc(OCCOCC(O)CNCc2ccccc2)cc1. The summed E-state index contributed by atoms with van der Waals surface area (Å²) in [6.07, 6.45) is 0.511. The van der Waals surface area contributed by atoms with E-state index in [1.54, 1.807) is 0 Å². The van der Waals surface area contributed by atoms with Crippen LogP contribution >= 0.6 is 0 Å². The van der Waals surface area contributed by atoms with Gasteiger partial charge in [0.1, 0.15) is 12.4 Å². The second-order valence-electron chi connectivity index (χ2n) is 5.69. The van der Waals surface area contributed by atoms with Crippen molar-refractivity contribution in [1.29, 1.82) is 0 Å². The number of ether oxygens (including phenoxy) is 2. The van der Waals surface area contributed by atoms with Gasteiger partial charge in [0.2, 0.25) is 0 Å². The van der Waals surface area contributed by atoms with Crippen LogP contribution in [0.25, 0.3) is 0 Å². The molecule has 0 bridgehead atoms. The zero-order valence-electron chi connectivity index (χ0n) is 14.3. The first-order valence-electron chi connectivity index (χ1n) is 8.50. The first-order valence-corrected chi connectivity index (χ1v) is 8.50. The Bertz CT molecular complexity index is 557. The third-order valence-corrected chi connectivity index (χ3v) is 3.69. The molecule has 0 saturated carbocycles. The fraction of sp³-hybridized carbons (Fsp3) is 0.400. The van der Waals surface area contributed by atoms with E-state index in [4.69, 9.17) is 9.47 Å². The highest BCUT2D eigenvalue weighted by Gasteiger charge is 2.04. The predicted octanol–water partition coefficient (Wildman–Crippen LogP) is 2.80. The maximum atomic E-state index is 9.87. The molecule has 0 saturated heterocycles. The zero-order chi connectivity index (χ0) is 17.0. The maximum Gasteiger partial charge on any atom is 0.119 e. The van der Waals surface area contributed by atoms with E-state index in [1.807, 2.05) is 30.3 Å². The summed E-state index contributed by atoms with van der Waals surface area (Å²) in [6.45, 7) is 4.63. The zero-order valence-corrected chi connectivity index (χ0v) is 14.3. The topological polar surface area (TPSA) is 50.7 Å². The molecule has 0 heterocycles. The Balaban J connectivity index is 1.50. The van der Waals surface area contributed by atoms with E-state index < -0.39 is 6.10 Å². The average Bonchev–Trinajstić information content (AvgIpc) is 2.63. The first kappa shape index (κ1) is 18.5. The van der Waals surface area contributed by atoms with Gasteiger partial charge < -0.3 is 19.9 Å². The van der Waals surface area contributed by atoms with Crippen LogP contribution in [0.1, 0.15) is 18.1 Å². The van der Waals surface area contributed by atoms with Crippen LogP contribution in [0.3, 0.4) is 0 Å². The molecule has 4 heteroatoms. The second kappa shape index (κ2) is 10.8. The Morgan fingerprint density at radius 2 is 1.71 bits per heavy atom. The maximum absolute atomic E-state index is 9.87. The van der Waals surface area contributed by atoms with Crippen molar-refractivity contribution in [2.24, 2.45) is 0 Å². The van der Waals surface area contributed by atoms with Crippen molar-refractivity contribution in [1.82, 2.24) is 5.32 Å². The van der Waals surface area contributed by atoms with Gasteiger partial charge >= 0.3 is 0 Å². The van der Waals surface area contributed by atoms with Gasteiger partial charge in [-0.25, -0.2) is 0 Å². The molecule has 24 heavy (non-hydrogen) atoms. The standard InChI is InChI=1S/C20H27NO3/c1-2-17-8-10-20(11-9-17)24-13-12-23-16-19(22)15-21-14-18-6-4-3-5-7-18/h3-11,19,21-22H,2,12-16H2,1H3. The number of hydrogen-bond donors (Lipinski definition) is 2. The molecular formula is C20H27NO3. The summed E-state index contributed by atoms with van der Waals surface area (Å²) in [5, 5.41) is 13.1. The van der Waals surface area contributed by atoms with Gasteiger partial charge in [-0.15, -0.1) is 0 Å². The number of rotatable bonds is 11. The van der Waals surface area contributed by atoms with Crippen LogP contribution in [0.5, 0.6) is 5.75 Å². The van der Waals surface area contributed by atoms with Crippen molar-refractivity contribution in [3.05, 3.63) is 65.7 Å². The van der Waals surface area contributed by atoms with E-state index >= 15 is 0 Å². The van der Waals surface area contributed by atoms with Gasteiger partial charge in [-0.05, 0) is 29.7 Å². The quantitative estimate of drug-likeness (QED) is 0.623. The molecule has 1 atom stereocenters. The van der Waals surface area contributed by atoms with Crippen molar-refractivity contribution in [2.45, 2.75) is 26.0 Å². The number of aryl methyl sites for hydroxylation is 1. The van der Waals surface area contributed by atoms with Gasteiger partial charge in [0.15, 0.2) is 0 Å². The van der Waals surface area contributed by atoms with Gasteiger partial charge in [0.25, 0.3) is 0 Å². The predicted molar refractivity (Wildman–Crippen MR) is 96.3 cm³/mol. The minimum atomic E-state index is -0.516. The van der Waals surface area contributed by atoms with Crippen LogP contribution < -0.4 is 10.1 Å². The van der Waals surface area contributed by atoms with Gasteiger partial charge in [0.05, 0.1) is 19.3 Å². The Morgan fingerprint density at radius 3 is 2.42 bits per heavy atom. The smallest absolute Gasteiger partial charge is 0.119 e. The molecule has 4 nitrogen and oxygen atoms in total. The largest absolute Gasteiger partial charge is 0.491 e. The molecule has 0 radical (unpaired) electrons. The molecule has 2 rings (SSSR count). The van der Waals surface area contributed by atoms with E-state index in [2.05, 4.69) is 36.5 Å².